The van der Waals surface area contributed by atoms with Gasteiger partial charge in [0, 0.05) is 18.5 Å². The molecule has 0 amide bonds. The van der Waals surface area contributed by atoms with Crippen LogP contribution in [0.15, 0.2) is 23.6 Å². The highest BCUT2D eigenvalue weighted by molar-refractivity contribution is 5.12. The number of nitrogens with zero attached hydrogens (tertiary/aromatic N) is 1. The summed E-state index contributed by atoms with van der Waals surface area (Å²) in [7, 11) is 0. The average Bonchev–Trinajstić information content (AvgIpc) is 2.14. The molecule has 0 radical (unpaired) electrons. The van der Waals surface area contributed by atoms with Gasteiger partial charge in [-0.25, -0.2) is 0 Å². The fraction of sp³-hybridized carbons (Fsp3) is 0. The maximum absolute atomic E-state index is 10.3. The molecular formula is C5H6N2O. The predicted octanol–water partition coefficient (Wildman–Crippen LogP) is 0.277. The van der Waals surface area contributed by atoms with Gasteiger partial charge < -0.3 is 0 Å². The molecule has 1 heterocycles. The van der Waals surface area contributed by atoms with E-state index in [-0.39, 0.29) is 5.56 Å². The van der Waals surface area contributed by atoms with Gasteiger partial charge in [-0.2, -0.15) is 0 Å². The Morgan fingerprint density at radius 1 is 1.88 bits per heavy atom. The fourth-order valence-electron chi connectivity index (χ4n) is 0.456. The topological polar surface area (TPSA) is 37.8 Å². The highest BCUT2D eigenvalue weighted by Crippen LogP contribution is 1.74. The van der Waals surface area contributed by atoms with Gasteiger partial charge in [0.2, 0.25) is 0 Å². The molecule has 0 aliphatic heterocycles. The molecule has 0 saturated heterocycles. The number of aromatic amines is 1. The van der Waals surface area contributed by atoms with E-state index in [2.05, 4.69) is 11.7 Å². The van der Waals surface area contributed by atoms with Crippen molar-refractivity contribution in [2.45, 2.75) is 0 Å². The van der Waals surface area contributed by atoms with Gasteiger partial charge in [-0.3, -0.25) is 14.6 Å². The van der Waals surface area contributed by atoms with Crippen molar-refractivity contribution in [3.8, 4) is 0 Å². The number of rotatable bonds is 1. The molecule has 0 spiro atoms. The second-order valence-electron chi connectivity index (χ2n) is 1.38. The van der Waals surface area contributed by atoms with Crippen LogP contribution in [0.4, 0.5) is 0 Å². The Hall–Kier alpha value is -1.25. The summed E-state index contributed by atoms with van der Waals surface area (Å²) in [5, 5.41) is 2.47. The first-order chi connectivity index (χ1) is 3.83. The Labute approximate surface area is 46.2 Å². The molecule has 0 unspecified atom stereocenters. The van der Waals surface area contributed by atoms with Crippen molar-refractivity contribution < 1.29 is 0 Å². The van der Waals surface area contributed by atoms with Crippen LogP contribution in [0, 0.1) is 0 Å². The van der Waals surface area contributed by atoms with Crippen LogP contribution in [0.5, 0.6) is 0 Å². The summed E-state index contributed by atoms with van der Waals surface area (Å²) >= 11 is 0. The van der Waals surface area contributed by atoms with Crippen molar-refractivity contribution in [2.24, 2.45) is 0 Å². The standard InChI is InChI=1S/C5H6N2O/c1-2-7-4-3-5(8)6-7/h2-4H,1H2,(H,6,8). The molecular weight excluding hydrogens is 104 g/mol. The Bertz CT molecular complexity index is 233. The quantitative estimate of drug-likeness (QED) is 0.553. The molecule has 0 fully saturated rings. The van der Waals surface area contributed by atoms with E-state index in [4.69, 9.17) is 0 Å². The van der Waals surface area contributed by atoms with Gasteiger partial charge in [0.05, 0.1) is 0 Å². The van der Waals surface area contributed by atoms with Gasteiger partial charge in [0.15, 0.2) is 0 Å². The van der Waals surface area contributed by atoms with Crippen LogP contribution < -0.4 is 5.56 Å². The summed E-state index contributed by atoms with van der Waals surface area (Å²) in [5.74, 6) is 0. The van der Waals surface area contributed by atoms with E-state index < -0.39 is 0 Å². The smallest absolute Gasteiger partial charge is 0.264 e. The summed E-state index contributed by atoms with van der Waals surface area (Å²) in [5.41, 5.74) is -0.107. The number of hydrogen-bond donors (Lipinski definition) is 1. The predicted molar refractivity (Wildman–Crippen MR) is 31.4 cm³/mol. The summed E-state index contributed by atoms with van der Waals surface area (Å²) in [6.45, 7) is 3.44. The lowest BCUT2D eigenvalue weighted by atomic mass is 10.7. The average molecular weight is 110 g/mol. The van der Waals surface area contributed by atoms with Crippen LogP contribution in [0.25, 0.3) is 6.20 Å². The maximum atomic E-state index is 10.3. The fourth-order valence-corrected chi connectivity index (χ4v) is 0.456. The number of nitrogens with one attached hydrogen (secondary N) is 1. The van der Waals surface area contributed by atoms with E-state index in [1.54, 1.807) is 6.20 Å². The lowest BCUT2D eigenvalue weighted by Crippen LogP contribution is -1.99. The molecule has 8 heavy (non-hydrogen) atoms. The van der Waals surface area contributed by atoms with E-state index >= 15 is 0 Å². The van der Waals surface area contributed by atoms with Gasteiger partial charge in [-0.15, -0.1) is 0 Å². The van der Waals surface area contributed by atoms with Crippen LogP contribution in [-0.4, -0.2) is 9.78 Å². The molecule has 0 aromatic carbocycles. The zero-order valence-corrected chi connectivity index (χ0v) is 4.29. The minimum Gasteiger partial charge on any atom is -0.269 e. The van der Waals surface area contributed by atoms with Gasteiger partial charge in [-0.05, 0) is 0 Å². The number of hydrogen-bond acceptors (Lipinski definition) is 1. The molecule has 3 heteroatoms. The monoisotopic (exact) mass is 110 g/mol. The molecule has 42 valence electrons. The lowest BCUT2D eigenvalue weighted by molar-refractivity contribution is 0.916. The maximum Gasteiger partial charge on any atom is 0.264 e. The van der Waals surface area contributed by atoms with Crippen LogP contribution in [0.1, 0.15) is 0 Å². The minimum absolute atomic E-state index is 0.107. The van der Waals surface area contributed by atoms with E-state index in [9.17, 15) is 4.79 Å². The van der Waals surface area contributed by atoms with Gasteiger partial charge in [0.1, 0.15) is 0 Å². The molecule has 3 nitrogen and oxygen atoms in total. The molecule has 1 N–H and O–H groups in total. The van der Waals surface area contributed by atoms with Crippen molar-refractivity contribution in [1.82, 2.24) is 9.78 Å². The van der Waals surface area contributed by atoms with E-state index in [1.807, 2.05) is 0 Å². The SMILES string of the molecule is C=Cn1ccc(=O)[nH]1. The van der Waals surface area contributed by atoms with E-state index in [0.717, 1.165) is 0 Å². The molecule has 0 aliphatic carbocycles. The minimum atomic E-state index is -0.107. The molecule has 1 aromatic heterocycles. The van der Waals surface area contributed by atoms with Gasteiger partial charge >= 0.3 is 0 Å². The Balaban J connectivity index is 3.18. The van der Waals surface area contributed by atoms with Crippen molar-refractivity contribution in [3.63, 3.8) is 0 Å². The number of aromatic nitrogens is 2. The first-order valence-electron chi connectivity index (χ1n) is 2.22. The zero-order chi connectivity index (χ0) is 5.98. The second-order valence-corrected chi connectivity index (χ2v) is 1.38. The highest BCUT2D eigenvalue weighted by Gasteiger charge is 1.80. The van der Waals surface area contributed by atoms with Gasteiger partial charge in [0.25, 0.3) is 5.56 Å². The highest BCUT2D eigenvalue weighted by atomic mass is 16.1. The summed E-state index contributed by atoms with van der Waals surface area (Å²) in [6.07, 6.45) is 3.12. The third-order valence-corrected chi connectivity index (χ3v) is 0.823. The Kier molecular flexibility index (Phi) is 1.04. The van der Waals surface area contributed by atoms with Crippen LogP contribution in [-0.2, 0) is 0 Å². The normalized spacial score (nSPS) is 9.00. The Morgan fingerprint density at radius 2 is 2.62 bits per heavy atom. The summed E-state index contributed by atoms with van der Waals surface area (Å²) < 4.78 is 1.49. The molecule has 0 aliphatic rings. The summed E-state index contributed by atoms with van der Waals surface area (Å²) in [4.78, 5) is 10.3. The van der Waals surface area contributed by atoms with Crippen molar-refractivity contribution >= 4 is 6.20 Å². The lowest BCUT2D eigenvalue weighted by Gasteiger charge is -1.83. The zero-order valence-electron chi connectivity index (χ0n) is 4.29. The molecule has 1 rings (SSSR count). The van der Waals surface area contributed by atoms with Crippen molar-refractivity contribution in [1.29, 1.82) is 0 Å². The molecule has 0 atom stereocenters. The van der Waals surface area contributed by atoms with Crippen molar-refractivity contribution in [2.75, 3.05) is 0 Å². The largest absolute Gasteiger partial charge is 0.269 e. The first-order valence-corrected chi connectivity index (χ1v) is 2.22. The summed E-state index contributed by atoms with van der Waals surface area (Å²) in [6, 6.07) is 1.43. The molecule has 0 bridgehead atoms. The van der Waals surface area contributed by atoms with Crippen molar-refractivity contribution in [3.05, 3.63) is 29.2 Å². The third kappa shape index (κ3) is 0.703. The van der Waals surface area contributed by atoms with Crippen LogP contribution in [0.2, 0.25) is 0 Å². The first kappa shape index (κ1) is 4.90. The third-order valence-electron chi connectivity index (χ3n) is 0.823. The van der Waals surface area contributed by atoms with E-state index in [0.29, 0.717) is 0 Å². The Morgan fingerprint density at radius 3 is 2.88 bits per heavy atom. The second kappa shape index (κ2) is 1.69. The molecule has 0 saturated carbocycles. The van der Waals surface area contributed by atoms with Crippen LogP contribution in [0.3, 0.4) is 0 Å². The van der Waals surface area contributed by atoms with E-state index in [1.165, 1.54) is 16.9 Å². The molecule has 1 aromatic rings. The van der Waals surface area contributed by atoms with Crippen LogP contribution >= 0.6 is 0 Å². The van der Waals surface area contributed by atoms with Gasteiger partial charge in [-0.1, -0.05) is 6.58 Å². The number of H-pyrrole nitrogens is 1.